The van der Waals surface area contributed by atoms with Crippen LogP contribution in [0.1, 0.15) is 15.9 Å². The van der Waals surface area contributed by atoms with Crippen molar-refractivity contribution in [1.29, 1.82) is 5.26 Å². The molecule has 6 heteroatoms. The lowest BCUT2D eigenvalue weighted by atomic mass is 10.1. The van der Waals surface area contributed by atoms with E-state index in [1.807, 2.05) is 18.2 Å². The molecule has 1 N–H and O–H groups in total. The molecule has 0 aliphatic carbocycles. The topological polar surface area (TPSA) is 88.1 Å². The van der Waals surface area contributed by atoms with E-state index < -0.39 is 5.97 Å². The number of aromatic carboxylic acids is 1. The Morgan fingerprint density at radius 2 is 1.92 bits per heavy atom. The highest BCUT2D eigenvalue weighted by atomic mass is 16.5. The van der Waals surface area contributed by atoms with Gasteiger partial charge in [-0.1, -0.05) is 12.1 Å². The highest BCUT2D eigenvalue weighted by molar-refractivity contribution is 5.87. The van der Waals surface area contributed by atoms with Crippen LogP contribution in [-0.2, 0) is 0 Å². The number of para-hydroxylation sites is 1. The van der Waals surface area contributed by atoms with Gasteiger partial charge in [-0.15, -0.1) is 0 Å². The second kappa shape index (κ2) is 6.26. The lowest BCUT2D eigenvalue weighted by Gasteiger charge is -2.06. The number of rotatable bonds is 4. The van der Waals surface area contributed by atoms with Gasteiger partial charge in [-0.05, 0) is 36.4 Å². The zero-order valence-electron chi connectivity index (χ0n) is 12.8. The minimum Gasteiger partial charge on any atom is -0.496 e. The quantitative estimate of drug-likeness (QED) is 0.798. The third-order valence-electron chi connectivity index (χ3n) is 3.58. The summed E-state index contributed by atoms with van der Waals surface area (Å²) in [7, 11) is 1.56. The standard InChI is InChI=1S/C18H13N3O3/c1-24-16-5-3-2-4-15(16)17-13(10-19)11-21(20-17)14-8-6-12(7-9-14)18(22)23/h2-9,11H,1H3,(H,22,23). The molecule has 0 saturated carbocycles. The number of aromatic nitrogens is 2. The van der Waals surface area contributed by atoms with E-state index in [0.29, 0.717) is 22.7 Å². The van der Waals surface area contributed by atoms with Crippen molar-refractivity contribution in [3.8, 4) is 28.8 Å². The van der Waals surface area contributed by atoms with Crippen molar-refractivity contribution < 1.29 is 14.6 Å². The van der Waals surface area contributed by atoms with Crippen LogP contribution >= 0.6 is 0 Å². The molecule has 0 unspecified atom stereocenters. The predicted octanol–water partition coefficient (Wildman–Crippen LogP) is 3.12. The number of carbonyl (C=O) groups is 1. The second-order valence-corrected chi connectivity index (χ2v) is 5.00. The summed E-state index contributed by atoms with van der Waals surface area (Å²) in [6.07, 6.45) is 1.61. The summed E-state index contributed by atoms with van der Waals surface area (Å²) >= 11 is 0. The van der Waals surface area contributed by atoms with Gasteiger partial charge in [0.25, 0.3) is 0 Å². The monoisotopic (exact) mass is 319 g/mol. The first-order chi connectivity index (χ1) is 11.6. The molecule has 0 aliphatic rings. The number of carboxylic acids is 1. The molecule has 0 radical (unpaired) electrons. The molecule has 24 heavy (non-hydrogen) atoms. The van der Waals surface area contributed by atoms with Crippen molar-refractivity contribution in [2.45, 2.75) is 0 Å². The van der Waals surface area contributed by atoms with Crippen molar-refractivity contribution in [2.75, 3.05) is 7.11 Å². The van der Waals surface area contributed by atoms with Crippen molar-refractivity contribution in [1.82, 2.24) is 9.78 Å². The number of methoxy groups -OCH3 is 1. The molecular weight excluding hydrogens is 306 g/mol. The molecule has 1 aromatic heterocycles. The fourth-order valence-corrected chi connectivity index (χ4v) is 2.38. The first kappa shape index (κ1) is 15.3. The smallest absolute Gasteiger partial charge is 0.335 e. The molecule has 1 heterocycles. The van der Waals surface area contributed by atoms with Gasteiger partial charge in [0, 0.05) is 11.8 Å². The Morgan fingerprint density at radius 1 is 1.21 bits per heavy atom. The van der Waals surface area contributed by atoms with Gasteiger partial charge in [0.05, 0.1) is 23.9 Å². The predicted molar refractivity (Wildman–Crippen MR) is 87.2 cm³/mol. The molecule has 0 amide bonds. The van der Waals surface area contributed by atoms with Crippen LogP contribution in [0.5, 0.6) is 5.75 Å². The normalized spacial score (nSPS) is 10.2. The van der Waals surface area contributed by atoms with Crippen LogP contribution < -0.4 is 4.74 Å². The summed E-state index contributed by atoms with van der Waals surface area (Å²) in [6.45, 7) is 0. The third kappa shape index (κ3) is 2.71. The maximum absolute atomic E-state index is 10.9. The highest BCUT2D eigenvalue weighted by Gasteiger charge is 2.15. The lowest BCUT2D eigenvalue weighted by Crippen LogP contribution is -1.99. The maximum atomic E-state index is 10.9. The fourth-order valence-electron chi connectivity index (χ4n) is 2.38. The molecule has 6 nitrogen and oxygen atoms in total. The van der Waals surface area contributed by atoms with Gasteiger partial charge < -0.3 is 9.84 Å². The summed E-state index contributed by atoms with van der Waals surface area (Å²) < 4.78 is 6.88. The SMILES string of the molecule is COc1ccccc1-c1nn(-c2ccc(C(=O)O)cc2)cc1C#N. The van der Waals surface area contributed by atoms with Crippen LogP contribution in [-0.4, -0.2) is 28.0 Å². The van der Waals surface area contributed by atoms with E-state index in [1.54, 1.807) is 36.2 Å². The zero-order chi connectivity index (χ0) is 17.1. The van der Waals surface area contributed by atoms with Gasteiger partial charge in [-0.2, -0.15) is 10.4 Å². The lowest BCUT2D eigenvalue weighted by molar-refractivity contribution is 0.0697. The Balaban J connectivity index is 2.08. The summed E-state index contributed by atoms with van der Waals surface area (Å²) in [6, 6.07) is 15.7. The van der Waals surface area contributed by atoms with E-state index >= 15 is 0 Å². The molecule has 0 spiro atoms. The van der Waals surface area contributed by atoms with Gasteiger partial charge in [0.1, 0.15) is 17.5 Å². The zero-order valence-corrected chi connectivity index (χ0v) is 12.8. The van der Waals surface area contributed by atoms with Crippen molar-refractivity contribution in [2.24, 2.45) is 0 Å². The van der Waals surface area contributed by atoms with Gasteiger partial charge in [-0.25, -0.2) is 9.48 Å². The molecule has 0 fully saturated rings. The van der Waals surface area contributed by atoms with E-state index in [2.05, 4.69) is 11.2 Å². The van der Waals surface area contributed by atoms with Crippen LogP contribution in [0.15, 0.2) is 54.7 Å². The van der Waals surface area contributed by atoms with Crippen LogP contribution in [0.4, 0.5) is 0 Å². The minimum atomic E-state index is -0.991. The van der Waals surface area contributed by atoms with E-state index in [1.165, 1.54) is 12.1 Å². The van der Waals surface area contributed by atoms with Gasteiger partial charge in [-0.3, -0.25) is 0 Å². The number of hydrogen-bond donors (Lipinski definition) is 1. The Hall–Kier alpha value is -3.59. The van der Waals surface area contributed by atoms with Crippen LogP contribution in [0.3, 0.4) is 0 Å². The summed E-state index contributed by atoms with van der Waals surface area (Å²) in [5, 5.41) is 22.8. The number of ether oxygens (including phenoxy) is 1. The average molecular weight is 319 g/mol. The largest absolute Gasteiger partial charge is 0.496 e. The summed E-state index contributed by atoms with van der Waals surface area (Å²) in [5.41, 5.74) is 2.49. The van der Waals surface area contributed by atoms with Crippen molar-refractivity contribution >= 4 is 5.97 Å². The maximum Gasteiger partial charge on any atom is 0.335 e. The van der Waals surface area contributed by atoms with Gasteiger partial charge >= 0.3 is 5.97 Å². The number of carboxylic acid groups (broad SMARTS) is 1. The van der Waals surface area contributed by atoms with Gasteiger partial charge in [0.15, 0.2) is 0 Å². The summed E-state index contributed by atoms with van der Waals surface area (Å²) in [5.74, 6) is -0.366. The summed E-state index contributed by atoms with van der Waals surface area (Å²) in [4.78, 5) is 10.9. The highest BCUT2D eigenvalue weighted by Crippen LogP contribution is 2.31. The molecule has 118 valence electrons. The Bertz CT molecular complexity index is 937. The van der Waals surface area contributed by atoms with Crippen LogP contribution in [0.2, 0.25) is 0 Å². The number of benzene rings is 2. The first-order valence-electron chi connectivity index (χ1n) is 7.11. The molecule has 3 aromatic rings. The fraction of sp³-hybridized carbons (Fsp3) is 0.0556. The number of nitrogens with zero attached hydrogens (tertiary/aromatic N) is 3. The molecule has 0 saturated heterocycles. The average Bonchev–Trinajstić information content (AvgIpc) is 3.06. The van der Waals surface area contributed by atoms with Crippen LogP contribution in [0, 0.1) is 11.3 Å². The van der Waals surface area contributed by atoms with Crippen LogP contribution in [0.25, 0.3) is 16.9 Å². The van der Waals surface area contributed by atoms with Crippen molar-refractivity contribution in [3.63, 3.8) is 0 Å². The van der Waals surface area contributed by atoms with Crippen molar-refractivity contribution in [3.05, 3.63) is 65.9 Å². The Morgan fingerprint density at radius 3 is 2.54 bits per heavy atom. The number of nitriles is 1. The molecule has 0 aliphatic heterocycles. The van der Waals surface area contributed by atoms with E-state index in [9.17, 15) is 10.1 Å². The Kier molecular flexibility index (Phi) is 4.00. The molecular formula is C18H13N3O3. The van der Waals surface area contributed by atoms with E-state index in [-0.39, 0.29) is 5.56 Å². The molecule has 0 bridgehead atoms. The minimum absolute atomic E-state index is 0.191. The van der Waals surface area contributed by atoms with Gasteiger partial charge in [0.2, 0.25) is 0 Å². The number of hydrogen-bond acceptors (Lipinski definition) is 4. The Labute approximate surface area is 138 Å². The first-order valence-corrected chi connectivity index (χ1v) is 7.11. The van der Waals surface area contributed by atoms with E-state index in [4.69, 9.17) is 9.84 Å². The third-order valence-corrected chi connectivity index (χ3v) is 3.58. The molecule has 0 atom stereocenters. The molecule has 3 rings (SSSR count). The van der Waals surface area contributed by atoms with E-state index in [0.717, 1.165) is 5.56 Å². The second-order valence-electron chi connectivity index (χ2n) is 5.00. The molecule has 2 aromatic carbocycles.